The molecule has 0 amide bonds. The van der Waals surface area contributed by atoms with Crippen molar-refractivity contribution in [1.29, 1.82) is 5.26 Å². The van der Waals surface area contributed by atoms with Crippen molar-refractivity contribution in [1.82, 2.24) is 14.9 Å². The summed E-state index contributed by atoms with van der Waals surface area (Å²) in [6, 6.07) is 14.5. The van der Waals surface area contributed by atoms with Crippen molar-refractivity contribution < 1.29 is 14.2 Å². The van der Waals surface area contributed by atoms with Gasteiger partial charge in [-0.3, -0.25) is 4.90 Å². The van der Waals surface area contributed by atoms with Gasteiger partial charge in [0.25, 0.3) is 0 Å². The summed E-state index contributed by atoms with van der Waals surface area (Å²) in [6.45, 7) is 6.85. The summed E-state index contributed by atoms with van der Waals surface area (Å²) in [4.78, 5) is 11.5. The number of benzene rings is 2. The fourth-order valence-corrected chi connectivity index (χ4v) is 5.43. The number of anilines is 4. The highest BCUT2D eigenvalue weighted by Crippen LogP contribution is 2.44. The molecule has 4 aromatic rings. The first-order valence-electron chi connectivity index (χ1n) is 12.2. The largest absolute Gasteiger partial charge is 0.454 e. The van der Waals surface area contributed by atoms with Gasteiger partial charge in [0, 0.05) is 31.5 Å². The van der Waals surface area contributed by atoms with Crippen LogP contribution in [0.3, 0.4) is 0 Å². The second kappa shape index (κ2) is 10.2. The van der Waals surface area contributed by atoms with Gasteiger partial charge in [0.1, 0.15) is 10.8 Å². The molecule has 0 unspecified atom stereocenters. The van der Waals surface area contributed by atoms with E-state index in [2.05, 4.69) is 55.8 Å². The standard InChI is InChI=1S/C27H26N6O3S/c1-17-2-7-21-24(36-16-35-21)22(17)31-23-19(14-28)15-29-26-25(23)37-27(32-26)30-20-5-3-18(4-6-20)8-9-33-10-12-34-13-11-33/h2-7,15H,8-13,16H2,1H3,(H2,29,30,31,32). The fraction of sp³-hybridized carbons (Fsp3) is 0.296. The highest BCUT2D eigenvalue weighted by atomic mass is 32.1. The van der Waals surface area contributed by atoms with E-state index in [1.807, 2.05) is 19.1 Å². The molecule has 0 spiro atoms. The zero-order chi connectivity index (χ0) is 25.2. The Morgan fingerprint density at radius 2 is 1.89 bits per heavy atom. The number of nitriles is 1. The van der Waals surface area contributed by atoms with Crippen molar-refractivity contribution in [3.63, 3.8) is 0 Å². The third kappa shape index (κ3) is 4.89. The number of rotatable bonds is 7. The van der Waals surface area contributed by atoms with Crippen LogP contribution in [0.4, 0.5) is 22.2 Å². The van der Waals surface area contributed by atoms with Crippen LogP contribution in [0.5, 0.6) is 11.5 Å². The van der Waals surface area contributed by atoms with E-state index < -0.39 is 0 Å². The van der Waals surface area contributed by atoms with E-state index in [9.17, 15) is 5.26 Å². The molecule has 0 atom stereocenters. The second-order valence-corrected chi connectivity index (χ2v) is 9.97. The molecule has 2 aromatic heterocycles. The zero-order valence-electron chi connectivity index (χ0n) is 20.4. The predicted octanol–water partition coefficient (Wildman–Crippen LogP) is 4.96. The first kappa shape index (κ1) is 23.5. The number of nitrogens with zero attached hydrogens (tertiary/aromatic N) is 4. The maximum atomic E-state index is 9.79. The minimum Gasteiger partial charge on any atom is -0.454 e. The van der Waals surface area contributed by atoms with Crippen LogP contribution in [0.1, 0.15) is 16.7 Å². The lowest BCUT2D eigenvalue weighted by molar-refractivity contribution is 0.0384. The van der Waals surface area contributed by atoms with E-state index >= 15 is 0 Å². The van der Waals surface area contributed by atoms with Gasteiger partial charge in [-0.2, -0.15) is 10.2 Å². The summed E-state index contributed by atoms with van der Waals surface area (Å²) in [5, 5.41) is 17.3. The Morgan fingerprint density at radius 1 is 1.05 bits per heavy atom. The normalized spacial score (nSPS) is 15.0. The summed E-state index contributed by atoms with van der Waals surface area (Å²) >= 11 is 1.45. The van der Waals surface area contributed by atoms with E-state index in [0.717, 1.165) is 60.9 Å². The van der Waals surface area contributed by atoms with Crippen LogP contribution in [0.2, 0.25) is 0 Å². The molecule has 10 heteroatoms. The molecule has 0 saturated carbocycles. The molecule has 37 heavy (non-hydrogen) atoms. The van der Waals surface area contributed by atoms with Crippen LogP contribution in [-0.4, -0.2) is 54.5 Å². The van der Waals surface area contributed by atoms with Crippen LogP contribution in [0.15, 0.2) is 42.6 Å². The van der Waals surface area contributed by atoms with Gasteiger partial charge >= 0.3 is 0 Å². The summed E-state index contributed by atoms with van der Waals surface area (Å²) in [6.07, 6.45) is 2.56. The number of nitrogens with one attached hydrogen (secondary N) is 2. The van der Waals surface area contributed by atoms with E-state index in [-0.39, 0.29) is 6.79 Å². The quantitative estimate of drug-likeness (QED) is 0.354. The number of hydrogen-bond acceptors (Lipinski definition) is 10. The molecule has 2 N–H and O–H groups in total. The molecule has 0 radical (unpaired) electrons. The van der Waals surface area contributed by atoms with Gasteiger partial charge in [-0.15, -0.1) is 0 Å². The number of aryl methyl sites for hydroxylation is 1. The van der Waals surface area contributed by atoms with Crippen molar-refractivity contribution in [3.8, 4) is 17.6 Å². The molecular formula is C27H26N6O3S. The van der Waals surface area contributed by atoms with Crippen LogP contribution in [0.25, 0.3) is 10.3 Å². The Morgan fingerprint density at radius 3 is 2.70 bits per heavy atom. The molecule has 1 fully saturated rings. The van der Waals surface area contributed by atoms with E-state index in [1.165, 1.54) is 16.9 Å². The first-order chi connectivity index (χ1) is 18.2. The van der Waals surface area contributed by atoms with Gasteiger partial charge in [0.05, 0.1) is 30.2 Å². The summed E-state index contributed by atoms with van der Waals surface area (Å²) in [5.74, 6) is 1.32. The number of aromatic nitrogens is 2. The molecule has 4 heterocycles. The molecular weight excluding hydrogens is 488 g/mol. The highest BCUT2D eigenvalue weighted by Gasteiger charge is 2.22. The average Bonchev–Trinajstić information content (AvgIpc) is 3.57. The topological polar surface area (TPSA) is 105 Å². The summed E-state index contributed by atoms with van der Waals surface area (Å²) in [5.41, 5.74) is 5.66. The molecule has 2 aromatic carbocycles. The van der Waals surface area contributed by atoms with Crippen molar-refractivity contribution in [2.45, 2.75) is 13.3 Å². The Bertz CT molecular complexity index is 1470. The number of hydrogen-bond donors (Lipinski definition) is 2. The highest BCUT2D eigenvalue weighted by molar-refractivity contribution is 7.22. The number of morpholine rings is 1. The van der Waals surface area contributed by atoms with E-state index in [4.69, 9.17) is 14.2 Å². The van der Waals surface area contributed by atoms with Gasteiger partial charge in [-0.05, 0) is 42.7 Å². The maximum absolute atomic E-state index is 9.79. The van der Waals surface area contributed by atoms with Crippen molar-refractivity contribution >= 4 is 43.9 Å². The monoisotopic (exact) mass is 514 g/mol. The lowest BCUT2D eigenvalue weighted by atomic mass is 10.1. The Hall–Kier alpha value is -3.91. The number of fused-ring (bicyclic) bond motifs is 2. The minimum atomic E-state index is 0.172. The van der Waals surface area contributed by atoms with Gasteiger partial charge in [0.2, 0.25) is 6.79 Å². The molecule has 188 valence electrons. The Labute approximate surface area is 218 Å². The molecule has 9 nitrogen and oxygen atoms in total. The third-order valence-electron chi connectivity index (χ3n) is 6.57. The Kier molecular flexibility index (Phi) is 6.49. The van der Waals surface area contributed by atoms with E-state index in [1.54, 1.807) is 6.20 Å². The fourth-order valence-electron chi connectivity index (χ4n) is 4.48. The first-order valence-corrected chi connectivity index (χ1v) is 13.0. The van der Waals surface area contributed by atoms with Crippen molar-refractivity contribution in [2.24, 2.45) is 0 Å². The lowest BCUT2D eigenvalue weighted by Gasteiger charge is -2.26. The zero-order valence-corrected chi connectivity index (χ0v) is 21.2. The van der Waals surface area contributed by atoms with Crippen LogP contribution in [0, 0.1) is 18.3 Å². The third-order valence-corrected chi connectivity index (χ3v) is 7.54. The molecule has 6 rings (SSSR count). The van der Waals surface area contributed by atoms with Crippen LogP contribution >= 0.6 is 11.3 Å². The predicted molar refractivity (Wildman–Crippen MR) is 143 cm³/mol. The van der Waals surface area contributed by atoms with Gasteiger partial charge in [0.15, 0.2) is 22.3 Å². The number of thiazole rings is 1. The SMILES string of the molecule is Cc1ccc2c(c1Nc1c(C#N)cnc3nc(Nc4ccc(CCN5CCOCC5)cc4)sc13)OCO2. The van der Waals surface area contributed by atoms with Gasteiger partial charge in [-0.25, -0.2) is 4.98 Å². The van der Waals surface area contributed by atoms with Crippen molar-refractivity contribution in [3.05, 3.63) is 59.3 Å². The molecule has 0 bridgehead atoms. The Balaban J connectivity index is 1.22. The second-order valence-electron chi connectivity index (χ2n) is 8.97. The molecule has 1 saturated heterocycles. The lowest BCUT2D eigenvalue weighted by Crippen LogP contribution is -2.37. The van der Waals surface area contributed by atoms with Crippen LogP contribution in [-0.2, 0) is 11.2 Å². The van der Waals surface area contributed by atoms with Crippen molar-refractivity contribution in [2.75, 3.05) is 50.3 Å². The molecule has 2 aliphatic heterocycles. The maximum Gasteiger partial charge on any atom is 0.231 e. The van der Waals surface area contributed by atoms with Crippen LogP contribution < -0.4 is 20.1 Å². The minimum absolute atomic E-state index is 0.172. The smallest absolute Gasteiger partial charge is 0.231 e. The molecule has 0 aliphatic carbocycles. The molecule has 2 aliphatic rings. The van der Waals surface area contributed by atoms with E-state index in [0.29, 0.717) is 33.5 Å². The number of ether oxygens (including phenoxy) is 3. The summed E-state index contributed by atoms with van der Waals surface area (Å²) < 4.78 is 17.5. The average molecular weight is 515 g/mol. The van der Waals surface area contributed by atoms with Gasteiger partial charge in [-0.1, -0.05) is 29.5 Å². The summed E-state index contributed by atoms with van der Waals surface area (Å²) in [7, 11) is 0. The number of pyridine rings is 1. The van der Waals surface area contributed by atoms with Gasteiger partial charge < -0.3 is 24.8 Å².